The lowest BCUT2D eigenvalue weighted by Crippen LogP contribution is -2.44. The second-order valence-corrected chi connectivity index (χ2v) is 6.67. The van der Waals surface area contributed by atoms with Gasteiger partial charge >= 0.3 is 5.97 Å². The average molecular weight is 307 g/mol. The first-order valence-electron chi connectivity index (χ1n) is 7.21. The smallest absolute Gasteiger partial charge is 0.307 e. The fraction of sp³-hybridized carbons (Fsp3) is 0.500. The van der Waals surface area contributed by atoms with Gasteiger partial charge in [0, 0.05) is 10.9 Å². The third-order valence-corrected chi connectivity index (χ3v) is 4.74. The minimum atomic E-state index is -0.877. The van der Waals surface area contributed by atoms with Crippen LogP contribution in [0.4, 0.5) is 0 Å². The number of carbonyl (C=O) groups is 2. The van der Waals surface area contributed by atoms with Crippen molar-refractivity contribution in [2.75, 3.05) is 0 Å². The summed E-state index contributed by atoms with van der Waals surface area (Å²) in [7, 11) is 0. The molecule has 0 unspecified atom stereocenters. The Labute approximate surface area is 129 Å². The van der Waals surface area contributed by atoms with E-state index < -0.39 is 17.8 Å². The third-order valence-electron chi connectivity index (χ3n) is 3.88. The van der Waals surface area contributed by atoms with Crippen molar-refractivity contribution in [3.63, 3.8) is 0 Å². The van der Waals surface area contributed by atoms with Crippen molar-refractivity contribution in [1.29, 1.82) is 0 Å². The number of aliphatic carboxylic acids is 1. The van der Waals surface area contributed by atoms with Crippen molar-refractivity contribution in [3.05, 3.63) is 34.5 Å². The van der Waals surface area contributed by atoms with E-state index in [4.69, 9.17) is 0 Å². The molecule has 0 radical (unpaired) electrons. The van der Waals surface area contributed by atoms with Crippen LogP contribution in [0.25, 0.3) is 0 Å². The van der Waals surface area contributed by atoms with Crippen LogP contribution in [0, 0.1) is 11.8 Å². The van der Waals surface area contributed by atoms with Gasteiger partial charge < -0.3 is 10.0 Å². The van der Waals surface area contributed by atoms with Gasteiger partial charge in [0.2, 0.25) is 5.91 Å². The number of rotatable bonds is 5. The predicted molar refractivity (Wildman–Crippen MR) is 83.0 cm³/mol. The molecule has 0 saturated heterocycles. The number of amides is 1. The molecule has 0 spiro atoms. The second-order valence-electron chi connectivity index (χ2n) is 5.63. The Hall–Kier alpha value is -1.62. The van der Waals surface area contributed by atoms with Crippen molar-refractivity contribution in [3.8, 4) is 0 Å². The highest BCUT2D eigenvalue weighted by Gasteiger charge is 2.37. The van der Waals surface area contributed by atoms with E-state index in [1.165, 1.54) is 0 Å². The van der Waals surface area contributed by atoms with Gasteiger partial charge in [0.1, 0.15) is 0 Å². The van der Waals surface area contributed by atoms with Crippen LogP contribution in [0.5, 0.6) is 0 Å². The Morgan fingerprint density at radius 3 is 2.52 bits per heavy atom. The van der Waals surface area contributed by atoms with Crippen LogP contribution in [-0.2, 0) is 16.1 Å². The lowest BCUT2D eigenvalue weighted by Gasteiger charge is -2.33. The van der Waals surface area contributed by atoms with Gasteiger partial charge in [-0.1, -0.05) is 18.2 Å². The van der Waals surface area contributed by atoms with Crippen molar-refractivity contribution >= 4 is 23.2 Å². The van der Waals surface area contributed by atoms with Gasteiger partial charge in [-0.05, 0) is 38.1 Å². The summed E-state index contributed by atoms with van der Waals surface area (Å²) >= 11 is 1.62. The summed E-state index contributed by atoms with van der Waals surface area (Å²) in [5, 5.41) is 11.3. The number of hydrogen-bond donors (Lipinski definition) is 1. The summed E-state index contributed by atoms with van der Waals surface area (Å²) in [6.45, 7) is 4.50. The molecule has 1 aromatic rings. The molecule has 1 aliphatic rings. The first-order valence-corrected chi connectivity index (χ1v) is 8.09. The van der Waals surface area contributed by atoms with Crippen LogP contribution in [0.15, 0.2) is 29.7 Å². The molecule has 0 aromatic carbocycles. The highest BCUT2D eigenvalue weighted by atomic mass is 32.1. The number of carbonyl (C=O) groups excluding carboxylic acids is 1. The molecule has 1 heterocycles. The number of carboxylic acids is 1. The van der Waals surface area contributed by atoms with E-state index in [9.17, 15) is 14.7 Å². The Balaban J connectivity index is 2.17. The zero-order valence-corrected chi connectivity index (χ0v) is 13.2. The summed E-state index contributed by atoms with van der Waals surface area (Å²) in [5.74, 6) is -1.98. The minimum absolute atomic E-state index is 0.0462. The highest BCUT2D eigenvalue weighted by molar-refractivity contribution is 7.09. The Morgan fingerprint density at radius 1 is 1.33 bits per heavy atom. The fourth-order valence-corrected chi connectivity index (χ4v) is 3.36. The summed E-state index contributed by atoms with van der Waals surface area (Å²) in [6, 6.07) is 4.02. The second kappa shape index (κ2) is 6.89. The Bertz CT molecular complexity index is 522. The lowest BCUT2D eigenvalue weighted by atomic mass is 9.82. The van der Waals surface area contributed by atoms with E-state index in [-0.39, 0.29) is 11.9 Å². The number of thiophene rings is 1. The Morgan fingerprint density at radius 2 is 2.00 bits per heavy atom. The van der Waals surface area contributed by atoms with Crippen LogP contribution in [-0.4, -0.2) is 27.9 Å². The van der Waals surface area contributed by atoms with Crippen LogP contribution < -0.4 is 0 Å². The molecular formula is C16H21NO3S. The molecular weight excluding hydrogens is 286 g/mol. The summed E-state index contributed by atoms with van der Waals surface area (Å²) in [5.41, 5.74) is 0. The van der Waals surface area contributed by atoms with Gasteiger partial charge in [0.15, 0.2) is 0 Å². The topological polar surface area (TPSA) is 57.6 Å². The molecule has 2 rings (SSSR count). The number of hydrogen-bond acceptors (Lipinski definition) is 3. The molecule has 21 heavy (non-hydrogen) atoms. The molecule has 4 nitrogen and oxygen atoms in total. The number of allylic oxidation sites excluding steroid dienone is 2. The van der Waals surface area contributed by atoms with Crippen molar-refractivity contribution in [2.24, 2.45) is 11.8 Å². The number of nitrogens with zero attached hydrogens (tertiary/aromatic N) is 1. The normalized spacial score (nSPS) is 21.5. The zero-order valence-electron chi connectivity index (χ0n) is 12.4. The molecule has 1 N–H and O–H groups in total. The number of carboxylic acid groups (broad SMARTS) is 1. The molecule has 0 bridgehead atoms. The van der Waals surface area contributed by atoms with Gasteiger partial charge in [-0.3, -0.25) is 9.59 Å². The standard InChI is InChI=1S/C16H21NO3S/c1-11(2)17(10-12-6-5-9-21-12)15(18)13-7-3-4-8-14(13)16(19)20/h3-6,9,11,13-14H,7-8,10H2,1-2H3,(H,19,20)/t13-,14+/m1/s1. The van der Waals surface area contributed by atoms with Gasteiger partial charge in [-0.15, -0.1) is 11.3 Å². The SMILES string of the molecule is CC(C)N(Cc1cccs1)C(=O)[C@@H]1CC=CC[C@@H]1C(=O)O. The molecule has 114 valence electrons. The van der Waals surface area contributed by atoms with Crippen LogP contribution in [0.3, 0.4) is 0 Å². The van der Waals surface area contributed by atoms with Crippen molar-refractivity contribution < 1.29 is 14.7 Å². The van der Waals surface area contributed by atoms with Crippen LogP contribution >= 0.6 is 11.3 Å². The van der Waals surface area contributed by atoms with Gasteiger partial charge in [0.25, 0.3) is 0 Å². The van der Waals surface area contributed by atoms with E-state index in [0.717, 1.165) is 4.88 Å². The summed E-state index contributed by atoms with van der Waals surface area (Å²) in [4.78, 5) is 27.1. The van der Waals surface area contributed by atoms with Crippen molar-refractivity contribution in [1.82, 2.24) is 4.90 Å². The molecule has 0 aliphatic heterocycles. The molecule has 1 aromatic heterocycles. The van der Waals surface area contributed by atoms with Gasteiger partial charge in [-0.2, -0.15) is 0 Å². The maximum atomic E-state index is 12.8. The maximum absolute atomic E-state index is 12.8. The van der Waals surface area contributed by atoms with Crippen molar-refractivity contribution in [2.45, 2.75) is 39.3 Å². The average Bonchev–Trinajstić information content (AvgIpc) is 2.96. The quantitative estimate of drug-likeness (QED) is 0.850. The van der Waals surface area contributed by atoms with E-state index >= 15 is 0 Å². The lowest BCUT2D eigenvalue weighted by molar-refractivity contribution is -0.151. The van der Waals surface area contributed by atoms with Gasteiger partial charge in [0.05, 0.1) is 18.4 Å². The largest absolute Gasteiger partial charge is 0.481 e. The third kappa shape index (κ3) is 3.73. The minimum Gasteiger partial charge on any atom is -0.481 e. The van der Waals surface area contributed by atoms with Crippen LogP contribution in [0.2, 0.25) is 0 Å². The van der Waals surface area contributed by atoms with Gasteiger partial charge in [-0.25, -0.2) is 0 Å². The molecule has 2 atom stereocenters. The van der Waals surface area contributed by atoms with E-state index in [1.54, 1.807) is 16.2 Å². The zero-order chi connectivity index (χ0) is 15.4. The van der Waals surface area contributed by atoms with E-state index in [1.807, 2.05) is 43.5 Å². The summed E-state index contributed by atoms with van der Waals surface area (Å²) in [6.07, 6.45) is 4.74. The Kier molecular flexibility index (Phi) is 5.17. The molecule has 1 amide bonds. The maximum Gasteiger partial charge on any atom is 0.307 e. The highest BCUT2D eigenvalue weighted by Crippen LogP contribution is 2.29. The fourth-order valence-electron chi connectivity index (χ4n) is 2.66. The summed E-state index contributed by atoms with van der Waals surface area (Å²) < 4.78 is 0. The molecule has 0 fully saturated rings. The predicted octanol–water partition coefficient (Wildman–Crippen LogP) is 3.15. The molecule has 5 heteroatoms. The molecule has 1 aliphatic carbocycles. The molecule has 0 saturated carbocycles. The van der Waals surface area contributed by atoms with E-state index in [0.29, 0.717) is 19.4 Å². The first kappa shape index (κ1) is 15.8. The first-order chi connectivity index (χ1) is 10.0. The van der Waals surface area contributed by atoms with Crippen LogP contribution in [0.1, 0.15) is 31.6 Å². The monoisotopic (exact) mass is 307 g/mol. The van der Waals surface area contributed by atoms with E-state index in [2.05, 4.69) is 0 Å².